The van der Waals surface area contributed by atoms with E-state index in [2.05, 4.69) is 64.6 Å². The molecule has 1 fully saturated rings. The summed E-state index contributed by atoms with van der Waals surface area (Å²) in [5.41, 5.74) is 4.90. The zero-order chi connectivity index (χ0) is 20.9. The molecule has 2 aromatic heterocycles. The van der Waals surface area contributed by atoms with Gasteiger partial charge in [-0.25, -0.2) is 4.98 Å². The van der Waals surface area contributed by atoms with Crippen LogP contribution in [0.5, 0.6) is 0 Å². The van der Waals surface area contributed by atoms with Crippen molar-refractivity contribution in [2.75, 3.05) is 13.1 Å². The minimum atomic E-state index is 0.107. The van der Waals surface area contributed by atoms with Gasteiger partial charge in [0.1, 0.15) is 5.82 Å². The number of rotatable bonds is 6. The van der Waals surface area contributed by atoms with Crippen LogP contribution < -0.4 is 0 Å². The second kappa shape index (κ2) is 9.43. The summed E-state index contributed by atoms with van der Waals surface area (Å²) >= 11 is 1.75. The van der Waals surface area contributed by atoms with Crippen molar-refractivity contribution < 1.29 is 4.79 Å². The van der Waals surface area contributed by atoms with Crippen molar-refractivity contribution >= 4 is 23.3 Å². The molecule has 1 aliphatic heterocycles. The minimum absolute atomic E-state index is 0.107. The van der Waals surface area contributed by atoms with Gasteiger partial charge >= 0.3 is 0 Å². The van der Waals surface area contributed by atoms with Gasteiger partial charge in [-0.2, -0.15) is 11.3 Å². The summed E-state index contributed by atoms with van der Waals surface area (Å²) in [5.74, 6) is 1.70. The smallest absolute Gasteiger partial charge is 0.246 e. The number of nitrogens with zero attached hydrogens (tertiary/aromatic N) is 3. The second-order valence-electron chi connectivity index (χ2n) is 8.15. The summed E-state index contributed by atoms with van der Waals surface area (Å²) in [6.07, 6.45) is 10.7. The summed E-state index contributed by atoms with van der Waals surface area (Å²) < 4.78 is 2.29. The highest BCUT2D eigenvalue weighted by Gasteiger charge is 2.25. The molecule has 1 saturated heterocycles. The normalized spacial score (nSPS) is 15.2. The lowest BCUT2D eigenvalue weighted by atomic mass is 9.95. The van der Waals surface area contributed by atoms with Gasteiger partial charge < -0.3 is 9.47 Å². The van der Waals surface area contributed by atoms with Crippen molar-refractivity contribution in [3.63, 3.8) is 0 Å². The maximum atomic E-state index is 12.7. The number of carbonyl (C=O) groups is 1. The van der Waals surface area contributed by atoms with E-state index in [0.29, 0.717) is 5.92 Å². The predicted octanol–water partition coefficient (Wildman–Crippen LogP) is 5.22. The minimum Gasteiger partial charge on any atom is -0.339 e. The monoisotopic (exact) mass is 419 g/mol. The Morgan fingerprint density at radius 3 is 2.83 bits per heavy atom. The quantitative estimate of drug-likeness (QED) is 0.514. The Labute approximate surface area is 182 Å². The Kier molecular flexibility index (Phi) is 6.48. The van der Waals surface area contributed by atoms with Crippen molar-refractivity contribution in [1.29, 1.82) is 0 Å². The highest BCUT2D eigenvalue weighted by Crippen LogP contribution is 2.27. The molecule has 0 spiro atoms. The van der Waals surface area contributed by atoms with E-state index in [-0.39, 0.29) is 5.91 Å². The molecule has 0 aliphatic carbocycles. The molecule has 30 heavy (non-hydrogen) atoms. The van der Waals surface area contributed by atoms with Gasteiger partial charge in [0.25, 0.3) is 0 Å². The van der Waals surface area contributed by atoms with Crippen LogP contribution in [0.2, 0.25) is 0 Å². The molecule has 0 atom stereocenters. The molecule has 0 saturated carbocycles. The number of carbonyl (C=O) groups excluding carboxylic acids is 1. The summed E-state index contributed by atoms with van der Waals surface area (Å²) in [6.45, 7) is 6.70. The summed E-state index contributed by atoms with van der Waals surface area (Å²) in [7, 11) is 0. The Morgan fingerprint density at radius 2 is 2.07 bits per heavy atom. The fourth-order valence-electron chi connectivity index (χ4n) is 4.12. The van der Waals surface area contributed by atoms with Crippen LogP contribution in [0, 0.1) is 13.8 Å². The van der Waals surface area contributed by atoms with Gasteiger partial charge in [0, 0.05) is 44.0 Å². The highest BCUT2D eigenvalue weighted by molar-refractivity contribution is 7.07. The molecule has 1 amide bonds. The van der Waals surface area contributed by atoms with Crippen LogP contribution in [0.1, 0.15) is 46.8 Å². The molecule has 4 rings (SSSR count). The van der Waals surface area contributed by atoms with Crippen LogP contribution in [0.15, 0.2) is 53.5 Å². The lowest BCUT2D eigenvalue weighted by Gasteiger charge is -2.31. The van der Waals surface area contributed by atoms with E-state index in [1.54, 1.807) is 17.4 Å². The van der Waals surface area contributed by atoms with Gasteiger partial charge in [-0.1, -0.05) is 23.8 Å². The third-order valence-corrected chi connectivity index (χ3v) is 6.71. The van der Waals surface area contributed by atoms with E-state index >= 15 is 0 Å². The number of thiophene rings is 1. The zero-order valence-corrected chi connectivity index (χ0v) is 18.6. The van der Waals surface area contributed by atoms with Gasteiger partial charge in [-0.15, -0.1) is 0 Å². The van der Waals surface area contributed by atoms with Gasteiger partial charge in [-0.3, -0.25) is 4.79 Å². The third kappa shape index (κ3) is 4.90. The maximum absolute atomic E-state index is 12.7. The first-order valence-electron chi connectivity index (χ1n) is 10.7. The average molecular weight is 420 g/mol. The predicted molar refractivity (Wildman–Crippen MR) is 124 cm³/mol. The molecule has 0 bridgehead atoms. The standard InChI is InChI=1S/C25H29N3OS/c1-19-3-4-20(2)23(17-19)5-6-24(29)27-13-8-22(9-14-27)25-26-11-15-28(25)12-7-21-10-16-30-18-21/h3-6,10-11,15-18,22H,7-9,12-14H2,1-2H3. The molecule has 1 aromatic carbocycles. The molecule has 4 nitrogen and oxygen atoms in total. The molecular formula is C25H29N3OS. The van der Waals surface area contributed by atoms with E-state index in [1.807, 2.05) is 17.2 Å². The van der Waals surface area contributed by atoms with E-state index < -0.39 is 0 Å². The molecule has 0 N–H and O–H groups in total. The largest absolute Gasteiger partial charge is 0.339 e. The van der Waals surface area contributed by atoms with Gasteiger partial charge in [0.15, 0.2) is 0 Å². The van der Waals surface area contributed by atoms with Crippen molar-refractivity contribution in [1.82, 2.24) is 14.5 Å². The molecule has 0 unspecified atom stereocenters. The fraction of sp³-hybridized carbons (Fsp3) is 0.360. The van der Waals surface area contributed by atoms with Gasteiger partial charge in [0.2, 0.25) is 5.91 Å². The fourth-order valence-corrected chi connectivity index (χ4v) is 4.82. The number of piperidine rings is 1. The SMILES string of the molecule is Cc1ccc(C)c(C=CC(=O)N2CCC(c3nccn3CCc3ccsc3)CC2)c1. The first kappa shape index (κ1) is 20.6. The number of hydrogen-bond donors (Lipinski definition) is 0. The zero-order valence-electron chi connectivity index (χ0n) is 17.8. The number of amides is 1. The summed E-state index contributed by atoms with van der Waals surface area (Å²) in [5, 5.41) is 4.35. The number of aryl methyl sites for hydroxylation is 4. The first-order valence-corrected chi connectivity index (χ1v) is 11.6. The van der Waals surface area contributed by atoms with Crippen LogP contribution in [-0.2, 0) is 17.8 Å². The van der Waals surface area contributed by atoms with Crippen molar-refractivity contribution in [2.45, 2.75) is 45.6 Å². The lowest BCUT2D eigenvalue weighted by molar-refractivity contribution is -0.127. The molecule has 3 aromatic rings. The van der Waals surface area contributed by atoms with Crippen LogP contribution in [-0.4, -0.2) is 33.4 Å². The van der Waals surface area contributed by atoms with Crippen molar-refractivity contribution in [3.05, 3.63) is 81.6 Å². The number of aromatic nitrogens is 2. The van der Waals surface area contributed by atoms with E-state index in [1.165, 1.54) is 22.5 Å². The Morgan fingerprint density at radius 1 is 1.23 bits per heavy atom. The maximum Gasteiger partial charge on any atom is 0.246 e. The Hall–Kier alpha value is -2.66. The lowest BCUT2D eigenvalue weighted by Crippen LogP contribution is -2.37. The van der Waals surface area contributed by atoms with Crippen LogP contribution in [0.4, 0.5) is 0 Å². The number of likely N-dealkylation sites (tertiary alicyclic amines) is 1. The topological polar surface area (TPSA) is 38.1 Å². The van der Waals surface area contributed by atoms with Crippen LogP contribution >= 0.6 is 11.3 Å². The molecule has 3 heterocycles. The van der Waals surface area contributed by atoms with E-state index in [0.717, 1.165) is 44.5 Å². The Bertz CT molecular complexity index is 1010. The third-order valence-electron chi connectivity index (χ3n) is 5.98. The molecule has 156 valence electrons. The summed E-state index contributed by atoms with van der Waals surface area (Å²) in [4.78, 5) is 19.3. The molecule has 5 heteroatoms. The average Bonchev–Trinajstić information content (AvgIpc) is 3.44. The van der Waals surface area contributed by atoms with Gasteiger partial charge in [-0.05, 0) is 72.7 Å². The van der Waals surface area contributed by atoms with Crippen molar-refractivity contribution in [2.24, 2.45) is 0 Å². The van der Waals surface area contributed by atoms with Crippen molar-refractivity contribution in [3.8, 4) is 0 Å². The van der Waals surface area contributed by atoms with Gasteiger partial charge in [0.05, 0.1) is 0 Å². The first-order chi connectivity index (χ1) is 14.6. The van der Waals surface area contributed by atoms with E-state index in [9.17, 15) is 4.79 Å². The number of hydrogen-bond acceptors (Lipinski definition) is 3. The molecule has 0 radical (unpaired) electrons. The number of imidazole rings is 1. The molecular weight excluding hydrogens is 390 g/mol. The Balaban J connectivity index is 1.33. The molecule has 1 aliphatic rings. The number of benzene rings is 1. The highest BCUT2D eigenvalue weighted by atomic mass is 32.1. The van der Waals surface area contributed by atoms with Crippen LogP contribution in [0.3, 0.4) is 0 Å². The second-order valence-corrected chi connectivity index (χ2v) is 8.93. The van der Waals surface area contributed by atoms with Crippen LogP contribution in [0.25, 0.3) is 6.08 Å². The summed E-state index contributed by atoms with van der Waals surface area (Å²) in [6, 6.07) is 8.52. The van der Waals surface area contributed by atoms with E-state index in [4.69, 9.17) is 0 Å².